The minimum Gasteiger partial charge on any atom is -0.449 e. The number of amides is 2. The van der Waals surface area contributed by atoms with Crippen LogP contribution < -0.4 is 16.4 Å². The monoisotopic (exact) mass is 343 g/mol. The number of rotatable bonds is 3. The average Bonchev–Trinajstić information content (AvgIpc) is 3.07. The molecule has 4 N–H and O–H groups in total. The van der Waals surface area contributed by atoms with Crippen molar-refractivity contribution in [1.82, 2.24) is 5.32 Å². The number of hydrogen-bond donors (Lipinski definition) is 3. The number of nitrogens with two attached hydrogens (primary N) is 1. The van der Waals surface area contributed by atoms with E-state index in [0.29, 0.717) is 16.0 Å². The van der Waals surface area contributed by atoms with E-state index in [0.717, 1.165) is 19.4 Å². The molecule has 1 saturated heterocycles. The van der Waals surface area contributed by atoms with Crippen LogP contribution in [-0.2, 0) is 4.79 Å². The fraction of sp³-hybridized carbons (Fsp3) is 0.286. The molecule has 1 aromatic heterocycles. The first-order valence-corrected chi connectivity index (χ1v) is 7.00. The molecular weight excluding hydrogens is 329 g/mol. The van der Waals surface area contributed by atoms with Gasteiger partial charge in [0.2, 0.25) is 11.7 Å². The first-order chi connectivity index (χ1) is 10.1. The lowest BCUT2D eigenvalue weighted by Crippen LogP contribution is -2.35. The predicted molar refractivity (Wildman–Crippen MR) is 86.6 cm³/mol. The third-order valence-corrected chi connectivity index (χ3v) is 3.73. The Morgan fingerprint density at radius 1 is 1.41 bits per heavy atom. The second-order valence-corrected chi connectivity index (χ2v) is 5.39. The zero-order chi connectivity index (χ0) is 15.0. The summed E-state index contributed by atoms with van der Waals surface area (Å²) in [6.45, 7) is 0.804. The van der Waals surface area contributed by atoms with Gasteiger partial charge in [0, 0.05) is 10.4 Å². The first-order valence-electron chi connectivity index (χ1n) is 6.62. The molecule has 1 aromatic carbocycles. The van der Waals surface area contributed by atoms with E-state index < -0.39 is 5.91 Å². The van der Waals surface area contributed by atoms with Gasteiger partial charge < -0.3 is 20.8 Å². The zero-order valence-corrected chi connectivity index (χ0v) is 13.1. The van der Waals surface area contributed by atoms with E-state index in [4.69, 9.17) is 21.8 Å². The van der Waals surface area contributed by atoms with Gasteiger partial charge in [-0.05, 0) is 37.6 Å². The molecule has 1 aliphatic heterocycles. The highest BCUT2D eigenvalue weighted by molar-refractivity contribution is 6.31. The summed E-state index contributed by atoms with van der Waals surface area (Å²) < 4.78 is 5.41. The second kappa shape index (κ2) is 6.56. The maximum Gasteiger partial charge on any atom is 0.286 e. The molecule has 0 radical (unpaired) electrons. The summed E-state index contributed by atoms with van der Waals surface area (Å²) >= 11 is 5.96. The highest BCUT2D eigenvalue weighted by Gasteiger charge is 2.26. The van der Waals surface area contributed by atoms with Crippen LogP contribution in [0.2, 0.25) is 5.02 Å². The Labute approximate surface area is 137 Å². The lowest BCUT2D eigenvalue weighted by Gasteiger charge is -2.10. The number of anilines is 1. The van der Waals surface area contributed by atoms with Crippen LogP contribution in [0.1, 0.15) is 23.4 Å². The van der Waals surface area contributed by atoms with Crippen LogP contribution in [0.15, 0.2) is 22.6 Å². The number of carbonyl (C=O) groups is 2. The van der Waals surface area contributed by atoms with Gasteiger partial charge in [-0.3, -0.25) is 9.59 Å². The smallest absolute Gasteiger partial charge is 0.286 e. The van der Waals surface area contributed by atoms with Gasteiger partial charge in [0.25, 0.3) is 5.91 Å². The number of furan rings is 1. The molecule has 3 rings (SSSR count). The Morgan fingerprint density at radius 3 is 2.82 bits per heavy atom. The summed E-state index contributed by atoms with van der Waals surface area (Å²) in [5.41, 5.74) is 6.04. The number of carbonyl (C=O) groups excluding carboxylic acids is 2. The second-order valence-electron chi connectivity index (χ2n) is 4.95. The number of nitrogens with one attached hydrogen (secondary N) is 2. The van der Waals surface area contributed by atoms with Crippen LogP contribution in [0.25, 0.3) is 11.0 Å². The lowest BCUT2D eigenvalue weighted by molar-refractivity contribution is -0.117. The van der Waals surface area contributed by atoms with E-state index in [2.05, 4.69) is 10.6 Å². The van der Waals surface area contributed by atoms with Crippen molar-refractivity contribution in [3.8, 4) is 0 Å². The van der Waals surface area contributed by atoms with Crippen molar-refractivity contribution in [2.45, 2.75) is 18.9 Å². The maximum absolute atomic E-state index is 12.2. The zero-order valence-electron chi connectivity index (χ0n) is 11.5. The standard InChI is InChI=1S/C14H14ClN3O3.ClH/c15-7-3-4-10-8(6-7)11(12(21-10)13(16)19)18-14(20)9-2-1-5-17-9;/h3-4,6,9,17H,1-2,5H2,(H2,16,19)(H,18,20);1H/t9-;/m0./s1. The summed E-state index contributed by atoms with van der Waals surface area (Å²) in [6, 6.07) is 4.63. The van der Waals surface area contributed by atoms with Crippen LogP contribution in [0, 0.1) is 0 Å². The summed E-state index contributed by atoms with van der Waals surface area (Å²) in [5, 5.41) is 6.86. The average molecular weight is 344 g/mol. The molecule has 0 saturated carbocycles. The van der Waals surface area contributed by atoms with Gasteiger partial charge in [-0.2, -0.15) is 0 Å². The van der Waals surface area contributed by atoms with Crippen molar-refractivity contribution >= 4 is 52.5 Å². The molecule has 1 aliphatic rings. The SMILES string of the molecule is Cl.NC(=O)c1oc2ccc(Cl)cc2c1NC(=O)[C@@H]1CCCN1. The Balaban J connectivity index is 0.00000176. The van der Waals surface area contributed by atoms with Crippen molar-refractivity contribution in [2.24, 2.45) is 5.73 Å². The largest absolute Gasteiger partial charge is 0.449 e. The van der Waals surface area contributed by atoms with E-state index in [1.54, 1.807) is 18.2 Å². The van der Waals surface area contributed by atoms with Crippen LogP contribution in [-0.4, -0.2) is 24.4 Å². The molecule has 118 valence electrons. The number of primary amides is 1. The summed E-state index contributed by atoms with van der Waals surface area (Å²) in [5.74, 6) is -1.02. The third kappa shape index (κ3) is 3.04. The molecule has 8 heteroatoms. The molecule has 0 spiro atoms. The molecule has 2 amide bonds. The highest BCUT2D eigenvalue weighted by Crippen LogP contribution is 2.33. The van der Waals surface area contributed by atoms with Crippen molar-refractivity contribution in [3.63, 3.8) is 0 Å². The van der Waals surface area contributed by atoms with Gasteiger partial charge in [0.05, 0.1) is 6.04 Å². The molecule has 0 unspecified atom stereocenters. The van der Waals surface area contributed by atoms with E-state index in [1.807, 2.05) is 0 Å². The summed E-state index contributed by atoms with van der Waals surface area (Å²) in [6.07, 6.45) is 1.70. The van der Waals surface area contributed by atoms with Crippen LogP contribution in [0.5, 0.6) is 0 Å². The molecule has 0 bridgehead atoms. The molecular formula is C14H15Cl2N3O3. The van der Waals surface area contributed by atoms with E-state index in [9.17, 15) is 9.59 Å². The van der Waals surface area contributed by atoms with E-state index in [-0.39, 0.29) is 35.8 Å². The van der Waals surface area contributed by atoms with Gasteiger partial charge in [-0.15, -0.1) is 12.4 Å². The number of halogens is 2. The van der Waals surface area contributed by atoms with E-state index >= 15 is 0 Å². The first kappa shape index (κ1) is 16.6. The topological polar surface area (TPSA) is 97.4 Å². The van der Waals surface area contributed by atoms with Crippen LogP contribution >= 0.6 is 24.0 Å². The quantitative estimate of drug-likeness (QED) is 0.796. The molecule has 6 nitrogen and oxygen atoms in total. The lowest BCUT2D eigenvalue weighted by atomic mass is 10.2. The van der Waals surface area contributed by atoms with Crippen molar-refractivity contribution < 1.29 is 14.0 Å². The summed E-state index contributed by atoms with van der Waals surface area (Å²) in [7, 11) is 0. The number of benzene rings is 1. The highest BCUT2D eigenvalue weighted by atomic mass is 35.5. The Hall–Kier alpha value is -1.76. The molecule has 22 heavy (non-hydrogen) atoms. The van der Waals surface area contributed by atoms with Crippen molar-refractivity contribution in [2.75, 3.05) is 11.9 Å². The summed E-state index contributed by atoms with van der Waals surface area (Å²) in [4.78, 5) is 23.7. The molecule has 1 fully saturated rings. The maximum atomic E-state index is 12.2. The van der Waals surface area contributed by atoms with Gasteiger partial charge in [0.15, 0.2) is 0 Å². The van der Waals surface area contributed by atoms with Gasteiger partial charge in [-0.1, -0.05) is 11.6 Å². The predicted octanol–water partition coefficient (Wildman–Crippen LogP) is 2.30. The Kier molecular flexibility index (Phi) is 4.95. The molecule has 2 heterocycles. The number of hydrogen-bond acceptors (Lipinski definition) is 4. The minimum atomic E-state index is -0.739. The Bertz CT molecular complexity index is 723. The minimum absolute atomic E-state index is 0. The fourth-order valence-corrected chi connectivity index (χ4v) is 2.66. The van der Waals surface area contributed by atoms with Gasteiger partial charge in [0.1, 0.15) is 11.3 Å². The van der Waals surface area contributed by atoms with Crippen LogP contribution in [0.3, 0.4) is 0 Å². The molecule has 0 aliphatic carbocycles. The van der Waals surface area contributed by atoms with Crippen molar-refractivity contribution in [3.05, 3.63) is 29.0 Å². The van der Waals surface area contributed by atoms with E-state index in [1.165, 1.54) is 0 Å². The number of fused-ring (bicyclic) bond motifs is 1. The molecule has 2 aromatic rings. The fourth-order valence-electron chi connectivity index (χ4n) is 2.49. The normalized spacial score (nSPS) is 17.2. The van der Waals surface area contributed by atoms with Gasteiger partial charge in [-0.25, -0.2) is 0 Å². The van der Waals surface area contributed by atoms with Crippen LogP contribution in [0.4, 0.5) is 5.69 Å². The Morgan fingerprint density at radius 2 is 2.18 bits per heavy atom. The third-order valence-electron chi connectivity index (χ3n) is 3.50. The van der Waals surface area contributed by atoms with Gasteiger partial charge >= 0.3 is 0 Å². The van der Waals surface area contributed by atoms with Crippen molar-refractivity contribution in [1.29, 1.82) is 0 Å². The molecule has 1 atom stereocenters.